The summed E-state index contributed by atoms with van der Waals surface area (Å²) < 4.78 is 0. The molecule has 0 saturated heterocycles. The van der Waals surface area contributed by atoms with Gasteiger partial charge in [-0.25, -0.2) is 5.84 Å². The van der Waals surface area contributed by atoms with Crippen molar-refractivity contribution in [3.8, 4) is 0 Å². The number of carbonyl (C=O) groups excluding carboxylic acids is 3. The molecule has 2 amide bonds. The zero-order chi connectivity index (χ0) is 15.4. The number of rotatable bonds is 6. The topological polar surface area (TPSA) is 92.5 Å². The molecule has 1 aromatic carbocycles. The van der Waals surface area contributed by atoms with Crippen molar-refractivity contribution >= 4 is 34.9 Å². The first kappa shape index (κ1) is 15.5. The van der Waals surface area contributed by atoms with Gasteiger partial charge in [-0.15, -0.1) is 0 Å². The van der Waals surface area contributed by atoms with E-state index in [1.807, 2.05) is 0 Å². The summed E-state index contributed by atoms with van der Waals surface area (Å²) in [5.74, 6) is 3.74. The minimum absolute atomic E-state index is 0.206. The first-order valence-corrected chi connectivity index (χ1v) is 7.07. The predicted octanol–water partition coefficient (Wildman–Crippen LogP) is 1.42. The van der Waals surface area contributed by atoms with Crippen molar-refractivity contribution in [2.45, 2.75) is 25.7 Å². The summed E-state index contributed by atoms with van der Waals surface area (Å²) in [5.41, 5.74) is 3.03. The van der Waals surface area contributed by atoms with Crippen molar-refractivity contribution in [3.63, 3.8) is 0 Å². The number of benzene rings is 1. The molecule has 7 heteroatoms. The number of hydrogen-bond acceptors (Lipinski definition) is 4. The highest BCUT2D eigenvalue weighted by Gasteiger charge is 2.35. The minimum atomic E-state index is -0.521. The van der Waals surface area contributed by atoms with Gasteiger partial charge in [-0.3, -0.25) is 19.8 Å². The van der Waals surface area contributed by atoms with Gasteiger partial charge in [0.1, 0.15) is 0 Å². The van der Waals surface area contributed by atoms with Crippen molar-refractivity contribution in [1.29, 1.82) is 0 Å². The van der Waals surface area contributed by atoms with Gasteiger partial charge in [-0.1, -0.05) is 18.0 Å². The maximum atomic E-state index is 11.9. The van der Waals surface area contributed by atoms with E-state index in [1.54, 1.807) is 12.1 Å². The van der Waals surface area contributed by atoms with Gasteiger partial charge in [-0.05, 0) is 31.0 Å². The molecule has 0 aromatic heterocycles. The number of Topliss-reactive ketones (excluding diaryl/α,β-unsaturated/α-hetero) is 1. The first-order chi connectivity index (χ1) is 10.0. The number of amides is 2. The van der Waals surface area contributed by atoms with Gasteiger partial charge in [0.05, 0.1) is 11.3 Å². The van der Waals surface area contributed by atoms with Gasteiger partial charge in [-0.2, -0.15) is 0 Å². The molecule has 2 rings (SSSR count). The third kappa shape index (κ3) is 3.40. The Morgan fingerprint density at radius 3 is 2.71 bits per heavy atom. The number of ketones is 1. The lowest BCUT2D eigenvalue weighted by molar-refractivity contribution is -0.121. The molecule has 0 saturated carbocycles. The van der Waals surface area contributed by atoms with E-state index in [4.69, 9.17) is 17.4 Å². The van der Waals surface area contributed by atoms with Crippen LogP contribution in [0, 0.1) is 0 Å². The van der Waals surface area contributed by atoms with Crippen molar-refractivity contribution < 1.29 is 14.4 Å². The minimum Gasteiger partial charge on any atom is -0.305 e. The van der Waals surface area contributed by atoms with E-state index in [2.05, 4.69) is 5.43 Å². The maximum absolute atomic E-state index is 11.9. The zero-order valence-corrected chi connectivity index (χ0v) is 12.2. The average Bonchev–Trinajstić information content (AvgIpc) is 2.71. The Morgan fingerprint density at radius 1 is 1.24 bits per heavy atom. The Hall–Kier alpha value is -1.92. The fourth-order valence-electron chi connectivity index (χ4n) is 2.30. The monoisotopic (exact) mass is 309 g/mol. The molecule has 0 aliphatic carbocycles. The number of halogens is 1. The molecule has 0 bridgehead atoms. The van der Waals surface area contributed by atoms with E-state index in [1.165, 1.54) is 11.0 Å². The van der Waals surface area contributed by atoms with Crippen LogP contribution >= 0.6 is 11.6 Å². The van der Waals surface area contributed by atoms with Crippen molar-refractivity contribution in [1.82, 2.24) is 5.43 Å². The summed E-state index contributed by atoms with van der Waals surface area (Å²) in [6.07, 6.45) is 2.52. The molecule has 0 spiro atoms. The molecule has 1 aromatic rings. The second-order valence-electron chi connectivity index (χ2n) is 4.83. The zero-order valence-electron chi connectivity index (χ0n) is 11.4. The fourth-order valence-corrected chi connectivity index (χ4v) is 2.47. The second kappa shape index (κ2) is 6.69. The van der Waals surface area contributed by atoms with Gasteiger partial charge in [0.25, 0.3) is 11.7 Å². The van der Waals surface area contributed by atoms with Crippen LogP contribution in [0.3, 0.4) is 0 Å². The number of hydrazine groups is 1. The molecule has 1 aliphatic rings. The molecular formula is C14H16ClN3O3. The van der Waals surface area contributed by atoms with Gasteiger partial charge in [0.2, 0.25) is 5.91 Å². The maximum Gasteiger partial charge on any atom is 0.299 e. The normalized spacial score (nSPS) is 13.5. The highest BCUT2D eigenvalue weighted by Crippen LogP contribution is 2.31. The summed E-state index contributed by atoms with van der Waals surface area (Å²) in [4.78, 5) is 36.2. The van der Waals surface area contributed by atoms with Crippen LogP contribution < -0.4 is 16.2 Å². The lowest BCUT2D eigenvalue weighted by atomic mass is 10.1. The number of carbonyl (C=O) groups is 3. The smallest absolute Gasteiger partial charge is 0.299 e. The Morgan fingerprint density at radius 2 is 2.00 bits per heavy atom. The molecule has 0 atom stereocenters. The molecule has 1 heterocycles. The van der Waals surface area contributed by atoms with Crippen LogP contribution in [-0.4, -0.2) is 24.1 Å². The number of nitrogens with one attached hydrogen (secondary N) is 1. The van der Waals surface area contributed by atoms with Gasteiger partial charge in [0, 0.05) is 18.0 Å². The van der Waals surface area contributed by atoms with E-state index < -0.39 is 11.7 Å². The molecule has 3 N–H and O–H groups in total. The Labute approximate surface area is 127 Å². The summed E-state index contributed by atoms with van der Waals surface area (Å²) in [6, 6.07) is 4.86. The quantitative estimate of drug-likeness (QED) is 0.273. The molecule has 1 aliphatic heterocycles. The third-order valence-electron chi connectivity index (χ3n) is 3.38. The molecule has 0 radical (unpaired) electrons. The molecule has 21 heavy (non-hydrogen) atoms. The highest BCUT2D eigenvalue weighted by molar-refractivity contribution is 6.52. The van der Waals surface area contributed by atoms with Crippen LogP contribution in [0.5, 0.6) is 0 Å². The van der Waals surface area contributed by atoms with Gasteiger partial charge >= 0.3 is 0 Å². The Balaban J connectivity index is 1.91. The van der Waals surface area contributed by atoms with Crippen molar-refractivity contribution in [3.05, 3.63) is 28.8 Å². The van der Waals surface area contributed by atoms with E-state index in [9.17, 15) is 14.4 Å². The number of hydrogen-bond donors (Lipinski definition) is 2. The van der Waals surface area contributed by atoms with Crippen LogP contribution in [0.25, 0.3) is 0 Å². The number of fused-ring (bicyclic) bond motifs is 1. The van der Waals surface area contributed by atoms with E-state index in [0.717, 1.165) is 6.42 Å². The van der Waals surface area contributed by atoms with Crippen LogP contribution in [0.4, 0.5) is 5.69 Å². The standard InChI is InChI=1S/C14H16ClN3O3/c15-9-5-6-11-10(8-9)13(20)14(21)18(11)7-3-1-2-4-12(19)17-16/h5-6,8H,1-4,7,16H2,(H,17,19). The predicted molar refractivity (Wildman–Crippen MR) is 78.9 cm³/mol. The molecular weight excluding hydrogens is 294 g/mol. The third-order valence-corrected chi connectivity index (χ3v) is 3.62. The number of unbranched alkanes of at least 4 members (excludes halogenated alkanes) is 2. The number of nitrogens with two attached hydrogens (primary N) is 1. The number of anilines is 1. The summed E-state index contributed by atoms with van der Waals surface area (Å²) in [7, 11) is 0. The SMILES string of the molecule is NNC(=O)CCCCCN1C(=O)C(=O)c2cc(Cl)ccc21. The van der Waals surface area contributed by atoms with Crippen molar-refractivity contribution in [2.24, 2.45) is 5.84 Å². The van der Waals surface area contributed by atoms with Crippen LogP contribution in [0.15, 0.2) is 18.2 Å². The van der Waals surface area contributed by atoms with Crippen LogP contribution in [0.1, 0.15) is 36.0 Å². The van der Waals surface area contributed by atoms with Crippen molar-refractivity contribution in [2.75, 3.05) is 11.4 Å². The second-order valence-corrected chi connectivity index (χ2v) is 5.26. The van der Waals surface area contributed by atoms with Gasteiger partial charge < -0.3 is 4.90 Å². The summed E-state index contributed by atoms with van der Waals surface area (Å²) in [5, 5.41) is 0.435. The molecule has 0 fully saturated rings. The highest BCUT2D eigenvalue weighted by atomic mass is 35.5. The Kier molecular flexibility index (Phi) is 4.93. The van der Waals surface area contributed by atoms with Crippen LogP contribution in [-0.2, 0) is 9.59 Å². The summed E-state index contributed by atoms with van der Waals surface area (Å²) in [6.45, 7) is 0.448. The number of nitrogens with zero attached hydrogens (tertiary/aromatic N) is 1. The van der Waals surface area contributed by atoms with E-state index in [0.29, 0.717) is 42.1 Å². The van der Waals surface area contributed by atoms with Crippen LogP contribution in [0.2, 0.25) is 5.02 Å². The molecule has 0 unspecified atom stereocenters. The average molecular weight is 310 g/mol. The lowest BCUT2D eigenvalue weighted by Crippen LogP contribution is -2.31. The lowest BCUT2D eigenvalue weighted by Gasteiger charge is -2.16. The fraction of sp³-hybridized carbons (Fsp3) is 0.357. The Bertz CT molecular complexity index is 589. The van der Waals surface area contributed by atoms with E-state index >= 15 is 0 Å². The molecule has 112 valence electrons. The molecule has 6 nitrogen and oxygen atoms in total. The first-order valence-electron chi connectivity index (χ1n) is 6.70. The summed E-state index contributed by atoms with van der Waals surface area (Å²) >= 11 is 5.84. The largest absolute Gasteiger partial charge is 0.305 e. The van der Waals surface area contributed by atoms with Gasteiger partial charge in [0.15, 0.2) is 0 Å². The van der Waals surface area contributed by atoms with E-state index in [-0.39, 0.29) is 5.91 Å².